The third kappa shape index (κ3) is 1.25. The van der Waals surface area contributed by atoms with Crippen LogP contribution >= 0.6 is 0 Å². The minimum Gasteiger partial charge on any atom is -0.497 e. The van der Waals surface area contributed by atoms with Crippen LogP contribution in [0.3, 0.4) is 0 Å². The maximum Gasteiger partial charge on any atom is 0.191 e. The maximum atomic E-state index is 10.7. The van der Waals surface area contributed by atoms with Crippen molar-refractivity contribution in [1.82, 2.24) is 0 Å². The van der Waals surface area contributed by atoms with Crippen molar-refractivity contribution in [3.8, 4) is 0 Å². The van der Waals surface area contributed by atoms with Crippen molar-refractivity contribution in [3.63, 3.8) is 0 Å². The van der Waals surface area contributed by atoms with Gasteiger partial charge >= 0.3 is 0 Å². The predicted octanol–water partition coefficient (Wildman–Crippen LogP) is 0.0165. The van der Waals surface area contributed by atoms with Crippen LogP contribution in [-0.4, -0.2) is 24.1 Å². The molecule has 0 aromatic rings. The quantitative estimate of drug-likeness (QED) is 0.558. The SMILES string of the molecule is COC1=CC(=O)C(O)C=C1. The Balaban J connectivity index is 2.76. The van der Waals surface area contributed by atoms with Crippen LogP contribution in [0.5, 0.6) is 0 Å². The van der Waals surface area contributed by atoms with Crippen LogP contribution in [0.25, 0.3) is 0 Å². The highest BCUT2D eigenvalue weighted by molar-refractivity contribution is 5.96. The molecule has 0 radical (unpaired) electrons. The molecule has 0 saturated heterocycles. The molecule has 0 amide bonds. The Hall–Kier alpha value is -1.09. The van der Waals surface area contributed by atoms with Gasteiger partial charge in [-0.05, 0) is 12.2 Å². The van der Waals surface area contributed by atoms with Crippen molar-refractivity contribution in [2.45, 2.75) is 6.10 Å². The second-order valence-electron chi connectivity index (χ2n) is 1.96. The van der Waals surface area contributed by atoms with Crippen LogP contribution in [0.2, 0.25) is 0 Å². The number of carbonyl (C=O) groups excluding carboxylic acids is 1. The molecule has 1 rings (SSSR count). The van der Waals surface area contributed by atoms with Crippen LogP contribution in [0, 0.1) is 0 Å². The second-order valence-corrected chi connectivity index (χ2v) is 1.96. The van der Waals surface area contributed by atoms with Crippen LogP contribution < -0.4 is 0 Å². The number of rotatable bonds is 1. The van der Waals surface area contributed by atoms with Gasteiger partial charge in [0.2, 0.25) is 0 Å². The van der Waals surface area contributed by atoms with Crippen molar-refractivity contribution in [2.75, 3.05) is 7.11 Å². The molecule has 1 aliphatic rings. The van der Waals surface area contributed by atoms with Crippen molar-refractivity contribution in [1.29, 1.82) is 0 Å². The molecule has 10 heavy (non-hydrogen) atoms. The van der Waals surface area contributed by atoms with Crippen molar-refractivity contribution >= 4 is 5.78 Å². The molecule has 1 unspecified atom stereocenters. The normalized spacial score (nSPS) is 24.4. The van der Waals surface area contributed by atoms with E-state index in [4.69, 9.17) is 9.84 Å². The smallest absolute Gasteiger partial charge is 0.191 e. The number of ketones is 1. The number of aliphatic hydroxyl groups is 1. The first kappa shape index (κ1) is 7.02. The number of carbonyl (C=O) groups is 1. The summed E-state index contributed by atoms with van der Waals surface area (Å²) >= 11 is 0. The molecule has 0 saturated carbocycles. The van der Waals surface area contributed by atoms with E-state index in [2.05, 4.69) is 0 Å². The van der Waals surface area contributed by atoms with Gasteiger partial charge in [-0.1, -0.05) is 0 Å². The summed E-state index contributed by atoms with van der Waals surface area (Å²) < 4.78 is 4.75. The monoisotopic (exact) mass is 140 g/mol. The highest BCUT2D eigenvalue weighted by atomic mass is 16.5. The van der Waals surface area contributed by atoms with Crippen molar-refractivity contribution in [3.05, 3.63) is 24.0 Å². The number of allylic oxidation sites excluding steroid dienone is 1. The standard InChI is InChI=1S/C7H8O3/c1-10-5-2-3-6(8)7(9)4-5/h2-4,6,8H,1H3. The molecule has 0 aromatic heterocycles. The summed E-state index contributed by atoms with van der Waals surface area (Å²) in [4.78, 5) is 10.7. The lowest BCUT2D eigenvalue weighted by molar-refractivity contribution is -0.120. The highest BCUT2D eigenvalue weighted by Crippen LogP contribution is 2.06. The summed E-state index contributed by atoms with van der Waals surface area (Å²) in [5.41, 5.74) is 0. The van der Waals surface area contributed by atoms with Crippen molar-refractivity contribution < 1.29 is 14.6 Å². The van der Waals surface area contributed by atoms with Gasteiger partial charge in [0.15, 0.2) is 5.78 Å². The molecule has 0 aliphatic heterocycles. The molecular weight excluding hydrogens is 132 g/mol. The van der Waals surface area contributed by atoms with Gasteiger partial charge in [0.05, 0.1) is 7.11 Å². The van der Waals surface area contributed by atoms with E-state index >= 15 is 0 Å². The van der Waals surface area contributed by atoms with E-state index < -0.39 is 6.10 Å². The van der Waals surface area contributed by atoms with Gasteiger partial charge in [-0.25, -0.2) is 0 Å². The molecule has 0 bridgehead atoms. The van der Waals surface area contributed by atoms with E-state index in [1.165, 1.54) is 19.3 Å². The van der Waals surface area contributed by atoms with Gasteiger partial charge in [-0.15, -0.1) is 0 Å². The fourth-order valence-corrected chi connectivity index (χ4v) is 0.681. The van der Waals surface area contributed by atoms with E-state index in [1.807, 2.05) is 0 Å². The van der Waals surface area contributed by atoms with Crippen molar-refractivity contribution in [2.24, 2.45) is 0 Å². The number of aliphatic hydroxyl groups excluding tert-OH is 1. The molecule has 0 spiro atoms. The van der Waals surface area contributed by atoms with Gasteiger partial charge in [0.25, 0.3) is 0 Å². The molecule has 54 valence electrons. The Morgan fingerprint density at radius 2 is 2.40 bits per heavy atom. The average Bonchev–Trinajstić information content (AvgIpc) is 1.95. The van der Waals surface area contributed by atoms with Gasteiger partial charge in [0, 0.05) is 6.08 Å². The summed E-state index contributed by atoms with van der Waals surface area (Å²) in [6.45, 7) is 0. The summed E-state index contributed by atoms with van der Waals surface area (Å²) in [6.07, 6.45) is 3.23. The topological polar surface area (TPSA) is 46.5 Å². The Labute approximate surface area is 58.6 Å². The third-order valence-electron chi connectivity index (χ3n) is 1.25. The fraction of sp³-hybridized carbons (Fsp3) is 0.286. The zero-order valence-electron chi connectivity index (χ0n) is 5.57. The Kier molecular flexibility index (Phi) is 1.87. The molecule has 0 fully saturated rings. The zero-order chi connectivity index (χ0) is 7.56. The maximum absolute atomic E-state index is 10.7. The zero-order valence-corrected chi connectivity index (χ0v) is 5.57. The third-order valence-corrected chi connectivity index (χ3v) is 1.25. The molecule has 0 heterocycles. The molecule has 1 N–H and O–H groups in total. The molecule has 3 heteroatoms. The molecule has 3 nitrogen and oxygen atoms in total. The van der Waals surface area contributed by atoms with E-state index in [0.717, 1.165) is 0 Å². The summed E-state index contributed by atoms with van der Waals surface area (Å²) in [7, 11) is 1.47. The number of methoxy groups -OCH3 is 1. The summed E-state index contributed by atoms with van der Waals surface area (Å²) in [6, 6.07) is 0. The fourth-order valence-electron chi connectivity index (χ4n) is 0.681. The lowest BCUT2D eigenvalue weighted by Gasteiger charge is -2.07. The Morgan fingerprint density at radius 1 is 1.70 bits per heavy atom. The minimum atomic E-state index is -0.987. The number of hydrogen-bond donors (Lipinski definition) is 1. The Morgan fingerprint density at radius 3 is 2.90 bits per heavy atom. The summed E-state index contributed by atoms with van der Waals surface area (Å²) in [5, 5.41) is 8.85. The van der Waals surface area contributed by atoms with Crippen LogP contribution in [0.1, 0.15) is 0 Å². The largest absolute Gasteiger partial charge is 0.497 e. The molecule has 1 atom stereocenters. The first-order chi connectivity index (χ1) is 4.74. The minimum absolute atomic E-state index is 0.334. The first-order valence-electron chi connectivity index (χ1n) is 2.90. The second kappa shape index (κ2) is 2.66. The molecule has 1 aliphatic carbocycles. The lowest BCUT2D eigenvalue weighted by atomic mass is 10.1. The van der Waals surface area contributed by atoms with Crippen LogP contribution in [-0.2, 0) is 9.53 Å². The average molecular weight is 140 g/mol. The van der Waals surface area contributed by atoms with E-state index in [9.17, 15) is 4.79 Å². The van der Waals surface area contributed by atoms with Gasteiger partial charge in [-0.2, -0.15) is 0 Å². The summed E-state index contributed by atoms with van der Waals surface area (Å²) in [5.74, 6) is 0.148. The lowest BCUT2D eigenvalue weighted by Crippen LogP contribution is -2.18. The van der Waals surface area contributed by atoms with Gasteiger partial charge in [-0.3, -0.25) is 4.79 Å². The van der Waals surface area contributed by atoms with Crippen LogP contribution in [0.4, 0.5) is 0 Å². The predicted molar refractivity (Wildman–Crippen MR) is 35.2 cm³/mol. The van der Waals surface area contributed by atoms with E-state index in [1.54, 1.807) is 6.08 Å². The van der Waals surface area contributed by atoms with E-state index in [0.29, 0.717) is 5.76 Å². The van der Waals surface area contributed by atoms with Gasteiger partial charge in [0.1, 0.15) is 11.9 Å². The molecule has 0 aromatic carbocycles. The van der Waals surface area contributed by atoms with Gasteiger partial charge < -0.3 is 9.84 Å². The Bertz CT molecular complexity index is 203. The molecular formula is C7H8O3. The number of hydrogen-bond acceptors (Lipinski definition) is 3. The van der Waals surface area contributed by atoms with Crippen LogP contribution in [0.15, 0.2) is 24.0 Å². The highest BCUT2D eigenvalue weighted by Gasteiger charge is 2.13. The van der Waals surface area contributed by atoms with E-state index in [-0.39, 0.29) is 5.78 Å². The number of ether oxygens (including phenoxy) is 1. The first-order valence-corrected chi connectivity index (χ1v) is 2.90.